The molecule has 14 nitrogen and oxygen atoms in total. The lowest BCUT2D eigenvalue weighted by Gasteiger charge is -2.35. The van der Waals surface area contributed by atoms with Gasteiger partial charge in [0.2, 0.25) is 27.7 Å². The number of nitrogens with zero attached hydrogens (tertiary/aromatic N) is 2. The quantitative estimate of drug-likeness (QED) is 0.239. The summed E-state index contributed by atoms with van der Waals surface area (Å²) < 4.78 is 39.3. The summed E-state index contributed by atoms with van der Waals surface area (Å²) in [5.41, 5.74) is -2.28. The van der Waals surface area contributed by atoms with Gasteiger partial charge in [-0.05, 0) is 67.2 Å². The number of urea groups is 1. The molecular weight excluding hydrogens is 676 g/mol. The van der Waals surface area contributed by atoms with Crippen molar-refractivity contribution < 1.29 is 37.1 Å². The van der Waals surface area contributed by atoms with Crippen LogP contribution in [0.15, 0.2) is 43.1 Å². The number of carbonyl (C=O) groups is 4. The normalized spacial score (nSPS) is 25.5. The van der Waals surface area contributed by atoms with Gasteiger partial charge in [0, 0.05) is 30.0 Å². The van der Waals surface area contributed by atoms with Crippen LogP contribution in [0.5, 0.6) is 11.6 Å². The molecular formula is C36H48N6O8S. The van der Waals surface area contributed by atoms with Crippen LogP contribution in [-0.4, -0.2) is 90.7 Å². The number of benzene rings is 1. The predicted octanol–water partition coefficient (Wildman–Crippen LogP) is 2.92. The van der Waals surface area contributed by atoms with Gasteiger partial charge in [-0.15, -0.1) is 6.58 Å². The molecule has 0 bridgehead atoms. The number of fused-ring (bicyclic) bond motifs is 1. The fourth-order valence-corrected chi connectivity index (χ4v) is 8.51. The molecule has 2 heterocycles. The van der Waals surface area contributed by atoms with E-state index in [1.807, 2.05) is 39.0 Å². The van der Waals surface area contributed by atoms with Crippen LogP contribution in [0.25, 0.3) is 10.8 Å². The van der Waals surface area contributed by atoms with E-state index in [9.17, 15) is 27.6 Å². The number of hydrogen-bond donors (Lipinski definition) is 4. The second-order valence-electron chi connectivity index (χ2n) is 15.3. The minimum absolute atomic E-state index is 0.0101. The first-order chi connectivity index (χ1) is 24.1. The topological polar surface area (TPSA) is 185 Å². The SMILES string of the molecule is C=CC1C[C@]1(NC(=O)[C@@H]1C[C@@H](Oc2nccc3cc(OC)ccc23)CN1C(=O)[C@@H](NC(=O)NC1CCCC1)C(C)(C)C)C(=O)NS(=O)(=O)C1CC1. The number of sulfonamides is 1. The fourth-order valence-electron chi connectivity index (χ4n) is 7.14. The van der Waals surface area contributed by atoms with Crippen LogP contribution < -0.4 is 30.1 Å². The number of aromatic nitrogens is 1. The third-order valence-corrected chi connectivity index (χ3v) is 12.2. The molecule has 4 N–H and O–H groups in total. The van der Waals surface area contributed by atoms with Gasteiger partial charge in [0.1, 0.15) is 29.5 Å². The minimum atomic E-state index is -3.88. The van der Waals surface area contributed by atoms with Crippen LogP contribution in [0.4, 0.5) is 4.79 Å². The van der Waals surface area contributed by atoms with Crippen molar-refractivity contribution in [1.29, 1.82) is 0 Å². The van der Waals surface area contributed by atoms with Gasteiger partial charge >= 0.3 is 6.03 Å². The van der Waals surface area contributed by atoms with Gasteiger partial charge < -0.3 is 30.3 Å². The van der Waals surface area contributed by atoms with E-state index < -0.39 is 74.1 Å². The highest BCUT2D eigenvalue weighted by Crippen LogP contribution is 2.45. The van der Waals surface area contributed by atoms with Crippen molar-refractivity contribution in [2.75, 3.05) is 13.7 Å². The van der Waals surface area contributed by atoms with E-state index in [1.54, 1.807) is 19.4 Å². The molecule has 1 aromatic carbocycles. The van der Waals surface area contributed by atoms with E-state index in [0.717, 1.165) is 31.1 Å². The molecule has 4 aliphatic rings. The number of rotatable bonds is 12. The summed E-state index contributed by atoms with van der Waals surface area (Å²) in [5, 5.41) is 9.56. The maximum absolute atomic E-state index is 14.5. The second kappa shape index (κ2) is 14.0. The Kier molecular flexibility index (Phi) is 9.96. The second-order valence-corrected chi connectivity index (χ2v) is 17.2. The fraction of sp³-hybridized carbons (Fsp3) is 0.583. The Labute approximate surface area is 298 Å². The summed E-state index contributed by atoms with van der Waals surface area (Å²) in [7, 11) is -2.31. The highest BCUT2D eigenvalue weighted by molar-refractivity contribution is 7.91. The predicted molar refractivity (Wildman–Crippen MR) is 189 cm³/mol. The molecule has 4 fully saturated rings. The van der Waals surface area contributed by atoms with Gasteiger partial charge in [-0.25, -0.2) is 18.2 Å². The molecule has 1 aliphatic heterocycles. The molecule has 1 aromatic heterocycles. The first-order valence-corrected chi connectivity index (χ1v) is 19.2. The average molecular weight is 725 g/mol. The lowest BCUT2D eigenvalue weighted by Crippen LogP contribution is -2.61. The Balaban J connectivity index is 1.27. The molecule has 1 saturated heterocycles. The van der Waals surface area contributed by atoms with E-state index >= 15 is 0 Å². The number of ether oxygens (including phenoxy) is 2. The molecule has 276 valence electrons. The number of pyridine rings is 1. The van der Waals surface area contributed by atoms with Crippen molar-refractivity contribution in [3.8, 4) is 11.6 Å². The molecule has 5 atom stereocenters. The first-order valence-electron chi connectivity index (χ1n) is 17.6. The monoisotopic (exact) mass is 724 g/mol. The molecule has 3 saturated carbocycles. The van der Waals surface area contributed by atoms with Crippen molar-refractivity contribution in [3.63, 3.8) is 0 Å². The smallest absolute Gasteiger partial charge is 0.315 e. The van der Waals surface area contributed by atoms with Crippen LogP contribution in [-0.2, 0) is 24.4 Å². The molecule has 6 rings (SSSR count). The van der Waals surface area contributed by atoms with Gasteiger partial charge in [0.05, 0.1) is 18.9 Å². The Morgan fingerprint density at radius 2 is 1.82 bits per heavy atom. The van der Waals surface area contributed by atoms with Crippen LogP contribution in [0.1, 0.15) is 72.1 Å². The number of carbonyl (C=O) groups excluding carboxylic acids is 4. The lowest BCUT2D eigenvalue weighted by atomic mass is 9.85. The number of amides is 5. The third-order valence-electron chi connectivity index (χ3n) is 10.4. The van der Waals surface area contributed by atoms with Gasteiger partial charge in [-0.1, -0.05) is 39.7 Å². The molecule has 15 heteroatoms. The van der Waals surface area contributed by atoms with E-state index in [1.165, 1.54) is 11.0 Å². The van der Waals surface area contributed by atoms with E-state index in [4.69, 9.17) is 9.47 Å². The summed E-state index contributed by atoms with van der Waals surface area (Å²) in [4.78, 5) is 61.2. The van der Waals surface area contributed by atoms with Crippen molar-refractivity contribution in [1.82, 2.24) is 30.6 Å². The van der Waals surface area contributed by atoms with E-state index in [0.29, 0.717) is 29.9 Å². The van der Waals surface area contributed by atoms with E-state index in [-0.39, 0.29) is 25.4 Å². The summed E-state index contributed by atoms with van der Waals surface area (Å²) in [6.07, 6.45) is 7.35. The highest BCUT2D eigenvalue weighted by Gasteiger charge is 2.62. The van der Waals surface area contributed by atoms with Gasteiger partial charge in [0.25, 0.3) is 5.91 Å². The zero-order valence-corrected chi connectivity index (χ0v) is 30.4. The zero-order chi connectivity index (χ0) is 36.7. The lowest BCUT2D eigenvalue weighted by molar-refractivity contribution is -0.142. The molecule has 0 radical (unpaired) electrons. The Morgan fingerprint density at radius 3 is 2.45 bits per heavy atom. The summed E-state index contributed by atoms with van der Waals surface area (Å²) in [6.45, 7) is 9.26. The van der Waals surface area contributed by atoms with Crippen LogP contribution in [0.3, 0.4) is 0 Å². The molecule has 51 heavy (non-hydrogen) atoms. The van der Waals surface area contributed by atoms with Crippen LogP contribution in [0, 0.1) is 11.3 Å². The molecule has 1 unspecified atom stereocenters. The summed E-state index contributed by atoms with van der Waals surface area (Å²) in [6, 6.07) is 4.71. The number of nitrogens with one attached hydrogen (secondary N) is 4. The van der Waals surface area contributed by atoms with Gasteiger partial charge in [-0.2, -0.15) is 0 Å². The van der Waals surface area contributed by atoms with Crippen molar-refractivity contribution in [2.45, 2.75) is 107 Å². The summed E-state index contributed by atoms with van der Waals surface area (Å²) >= 11 is 0. The van der Waals surface area contributed by atoms with Gasteiger partial charge in [-0.3, -0.25) is 19.1 Å². The zero-order valence-electron chi connectivity index (χ0n) is 29.6. The average Bonchev–Trinajstić information content (AvgIpc) is 3.96. The standard InChI is InChI=1S/C36H48N6O8S/c1-6-22-19-36(22,33(45)41-51(47,48)26-12-13-26)40-30(43)28-18-25(50-31-27-14-11-24(49-5)17-21(27)15-16-37-31)20-42(28)32(44)29(35(2,3)4)39-34(46)38-23-9-7-8-10-23/h6,11,14-17,22-23,25-26,28-29H,1,7-10,12-13,18-20H2,2-5H3,(H,40,43)(H,41,45)(H2,38,39,46)/t22?,25-,28+,29-,36-/m1/s1. The number of methoxy groups -OCH3 is 1. The Morgan fingerprint density at radius 1 is 1.10 bits per heavy atom. The number of likely N-dealkylation sites (tertiary alicyclic amines) is 1. The van der Waals surface area contributed by atoms with Crippen molar-refractivity contribution in [2.24, 2.45) is 11.3 Å². The van der Waals surface area contributed by atoms with Gasteiger partial charge in [0.15, 0.2) is 0 Å². The summed E-state index contributed by atoms with van der Waals surface area (Å²) in [5.74, 6) is -1.50. The first kappa shape index (κ1) is 36.4. The maximum atomic E-state index is 14.5. The Hall–Kier alpha value is -4.40. The maximum Gasteiger partial charge on any atom is 0.315 e. The van der Waals surface area contributed by atoms with E-state index in [2.05, 4.69) is 32.2 Å². The third kappa shape index (κ3) is 7.77. The highest BCUT2D eigenvalue weighted by atomic mass is 32.2. The Bertz CT molecular complexity index is 1820. The molecule has 3 aliphatic carbocycles. The molecule has 2 aromatic rings. The van der Waals surface area contributed by atoms with Crippen molar-refractivity contribution >= 4 is 44.5 Å². The van der Waals surface area contributed by atoms with Crippen LogP contribution >= 0.6 is 0 Å². The van der Waals surface area contributed by atoms with Crippen LogP contribution in [0.2, 0.25) is 0 Å². The molecule has 5 amide bonds. The molecule has 0 spiro atoms. The van der Waals surface area contributed by atoms with Crippen molar-refractivity contribution in [3.05, 3.63) is 43.1 Å². The minimum Gasteiger partial charge on any atom is -0.497 e. The number of hydrogen-bond acceptors (Lipinski definition) is 9. The largest absolute Gasteiger partial charge is 0.497 e.